The Balaban J connectivity index is 1.79. The van der Waals surface area contributed by atoms with Crippen LogP contribution in [0.1, 0.15) is 35.3 Å². The lowest BCUT2D eigenvalue weighted by molar-refractivity contribution is -0.121. The molecule has 1 amide bonds. The zero-order chi connectivity index (χ0) is 17.3. The Hall–Kier alpha value is -2.26. The van der Waals surface area contributed by atoms with Gasteiger partial charge < -0.3 is 10.3 Å². The number of carbonyl (C=O) groups is 1. The van der Waals surface area contributed by atoms with E-state index in [1.807, 2.05) is 38.1 Å². The Bertz CT molecular complexity index is 898. The highest BCUT2D eigenvalue weighted by molar-refractivity contribution is 6.31. The van der Waals surface area contributed by atoms with Crippen molar-refractivity contribution in [1.29, 1.82) is 0 Å². The monoisotopic (exact) mass is 340 g/mol. The van der Waals surface area contributed by atoms with Gasteiger partial charge in [0.05, 0.1) is 12.5 Å². The molecule has 0 radical (unpaired) electrons. The Labute approximate surface area is 147 Å². The zero-order valence-corrected chi connectivity index (χ0v) is 14.9. The van der Waals surface area contributed by atoms with E-state index in [0.717, 1.165) is 27.7 Å². The van der Waals surface area contributed by atoms with Crippen LogP contribution in [0.25, 0.3) is 10.9 Å². The summed E-state index contributed by atoms with van der Waals surface area (Å²) < 4.78 is 0. The molecule has 0 saturated carbocycles. The topological polar surface area (TPSA) is 44.9 Å². The van der Waals surface area contributed by atoms with Gasteiger partial charge in [0.25, 0.3) is 0 Å². The molecule has 24 heavy (non-hydrogen) atoms. The summed E-state index contributed by atoms with van der Waals surface area (Å²) in [5.74, 6) is -0.00655. The van der Waals surface area contributed by atoms with Crippen LogP contribution < -0.4 is 5.32 Å². The van der Waals surface area contributed by atoms with Crippen LogP contribution in [0.4, 0.5) is 0 Å². The molecule has 2 N–H and O–H groups in total. The number of nitrogens with one attached hydrogen (secondary N) is 2. The van der Waals surface area contributed by atoms with Gasteiger partial charge in [-0.25, -0.2) is 0 Å². The largest absolute Gasteiger partial charge is 0.358 e. The van der Waals surface area contributed by atoms with Crippen LogP contribution in [-0.4, -0.2) is 10.9 Å². The number of aromatic amines is 1. The summed E-state index contributed by atoms with van der Waals surface area (Å²) in [6.07, 6.45) is 0.351. The van der Waals surface area contributed by atoms with E-state index < -0.39 is 0 Å². The van der Waals surface area contributed by atoms with E-state index in [1.54, 1.807) is 0 Å². The number of rotatable bonds is 4. The first-order valence-corrected chi connectivity index (χ1v) is 8.45. The van der Waals surface area contributed by atoms with Gasteiger partial charge in [0.1, 0.15) is 0 Å². The molecule has 1 unspecified atom stereocenters. The second kappa shape index (κ2) is 6.70. The van der Waals surface area contributed by atoms with Crippen LogP contribution in [0.15, 0.2) is 42.5 Å². The summed E-state index contributed by atoms with van der Waals surface area (Å²) in [7, 11) is 0. The molecule has 3 nitrogen and oxygen atoms in total. The fraction of sp³-hybridized carbons (Fsp3) is 0.250. The minimum atomic E-state index is -0.126. The van der Waals surface area contributed by atoms with Gasteiger partial charge in [0.15, 0.2) is 0 Å². The van der Waals surface area contributed by atoms with Crippen LogP contribution in [0.2, 0.25) is 5.02 Å². The van der Waals surface area contributed by atoms with Crippen LogP contribution in [0.3, 0.4) is 0 Å². The normalized spacial score (nSPS) is 12.3. The zero-order valence-electron chi connectivity index (χ0n) is 14.1. The Morgan fingerprint density at radius 1 is 1.21 bits per heavy atom. The summed E-state index contributed by atoms with van der Waals surface area (Å²) in [6.45, 7) is 6.02. The first-order chi connectivity index (χ1) is 11.5. The van der Waals surface area contributed by atoms with E-state index >= 15 is 0 Å². The van der Waals surface area contributed by atoms with E-state index in [0.29, 0.717) is 11.4 Å². The van der Waals surface area contributed by atoms with Crippen molar-refractivity contribution in [3.05, 3.63) is 69.9 Å². The summed E-state index contributed by atoms with van der Waals surface area (Å²) >= 11 is 6.21. The summed E-state index contributed by atoms with van der Waals surface area (Å²) in [4.78, 5) is 15.9. The predicted octanol–water partition coefficient (Wildman–Crippen LogP) is 4.86. The number of H-pyrrole nitrogens is 1. The highest BCUT2D eigenvalue weighted by Crippen LogP contribution is 2.25. The Morgan fingerprint density at radius 3 is 2.71 bits per heavy atom. The molecule has 0 bridgehead atoms. The number of hydrogen-bond acceptors (Lipinski definition) is 1. The molecule has 0 fully saturated rings. The summed E-state index contributed by atoms with van der Waals surface area (Å²) in [5.41, 5.74) is 5.28. The van der Waals surface area contributed by atoms with Crippen molar-refractivity contribution in [3.63, 3.8) is 0 Å². The molecule has 4 heteroatoms. The van der Waals surface area contributed by atoms with Gasteiger partial charge in [-0.1, -0.05) is 41.4 Å². The van der Waals surface area contributed by atoms with E-state index in [2.05, 4.69) is 35.4 Å². The first-order valence-electron chi connectivity index (χ1n) is 8.07. The van der Waals surface area contributed by atoms with Crippen LogP contribution in [-0.2, 0) is 11.2 Å². The Morgan fingerprint density at radius 2 is 1.96 bits per heavy atom. The van der Waals surface area contributed by atoms with Gasteiger partial charge in [0.2, 0.25) is 5.91 Å². The molecule has 1 atom stereocenters. The van der Waals surface area contributed by atoms with Crippen LogP contribution in [0, 0.1) is 13.8 Å². The molecular formula is C20H21ClN2O. The number of aryl methyl sites for hydroxylation is 2. The lowest BCUT2D eigenvalue weighted by Crippen LogP contribution is -2.28. The van der Waals surface area contributed by atoms with Crippen molar-refractivity contribution in [3.8, 4) is 0 Å². The molecule has 3 rings (SSSR count). The van der Waals surface area contributed by atoms with E-state index in [1.165, 1.54) is 5.56 Å². The molecule has 3 aromatic rings. The van der Waals surface area contributed by atoms with Crippen molar-refractivity contribution in [1.82, 2.24) is 10.3 Å². The number of hydrogen-bond donors (Lipinski definition) is 2. The second-order valence-electron chi connectivity index (χ2n) is 6.27. The number of fused-ring (bicyclic) bond motifs is 1. The lowest BCUT2D eigenvalue weighted by Gasteiger charge is -2.15. The number of benzene rings is 2. The predicted molar refractivity (Wildman–Crippen MR) is 99.5 cm³/mol. The van der Waals surface area contributed by atoms with Gasteiger partial charge in [-0.3, -0.25) is 4.79 Å². The maximum absolute atomic E-state index is 12.5. The van der Waals surface area contributed by atoms with E-state index in [-0.39, 0.29) is 11.9 Å². The van der Waals surface area contributed by atoms with Crippen molar-refractivity contribution in [2.24, 2.45) is 0 Å². The average Bonchev–Trinajstić information content (AvgIpc) is 2.83. The minimum Gasteiger partial charge on any atom is -0.358 e. The molecule has 0 aliphatic rings. The number of halogens is 1. The summed E-state index contributed by atoms with van der Waals surface area (Å²) in [6, 6.07) is 13.7. The highest BCUT2D eigenvalue weighted by atomic mass is 35.5. The minimum absolute atomic E-state index is 0.00655. The van der Waals surface area contributed by atoms with Gasteiger partial charge in [0, 0.05) is 21.6 Å². The second-order valence-corrected chi connectivity index (χ2v) is 6.67. The lowest BCUT2D eigenvalue weighted by atomic mass is 10.0. The quantitative estimate of drug-likeness (QED) is 0.700. The maximum atomic E-state index is 12.5. The van der Waals surface area contributed by atoms with Crippen molar-refractivity contribution >= 4 is 28.4 Å². The number of amides is 1. The Kier molecular flexibility index (Phi) is 4.63. The van der Waals surface area contributed by atoms with Gasteiger partial charge >= 0.3 is 0 Å². The molecular weight excluding hydrogens is 320 g/mol. The van der Waals surface area contributed by atoms with Gasteiger partial charge in [-0.2, -0.15) is 0 Å². The third kappa shape index (κ3) is 3.31. The third-order valence-corrected chi connectivity index (χ3v) is 4.71. The average molecular weight is 341 g/mol. The first kappa shape index (κ1) is 16.6. The molecule has 0 spiro atoms. The van der Waals surface area contributed by atoms with E-state index in [9.17, 15) is 4.79 Å². The number of carbonyl (C=O) groups excluding carboxylic acids is 1. The molecule has 0 aliphatic heterocycles. The smallest absolute Gasteiger partial charge is 0.224 e. The van der Waals surface area contributed by atoms with Gasteiger partial charge in [-0.05, 0) is 50.1 Å². The molecule has 124 valence electrons. The fourth-order valence-corrected chi connectivity index (χ4v) is 3.38. The molecule has 0 saturated heterocycles. The summed E-state index contributed by atoms with van der Waals surface area (Å²) in [5, 5.41) is 4.83. The standard InChI is InChI=1S/C20H21ClN2O/c1-12-8-9-19-17(10-12)16(14(3)22-19)11-20(24)23-13(2)15-6-4-5-7-18(15)21/h4-10,13,22H,11H2,1-3H3,(H,23,24). The highest BCUT2D eigenvalue weighted by Gasteiger charge is 2.16. The van der Waals surface area contributed by atoms with Crippen molar-refractivity contribution in [2.75, 3.05) is 0 Å². The molecule has 2 aromatic carbocycles. The van der Waals surface area contributed by atoms with E-state index in [4.69, 9.17) is 11.6 Å². The molecule has 1 aromatic heterocycles. The third-order valence-electron chi connectivity index (χ3n) is 4.36. The fourth-order valence-electron chi connectivity index (χ4n) is 3.08. The van der Waals surface area contributed by atoms with Crippen LogP contribution in [0.5, 0.6) is 0 Å². The van der Waals surface area contributed by atoms with Crippen LogP contribution >= 0.6 is 11.6 Å². The molecule has 1 heterocycles. The number of aromatic nitrogens is 1. The van der Waals surface area contributed by atoms with Crippen molar-refractivity contribution in [2.45, 2.75) is 33.2 Å². The van der Waals surface area contributed by atoms with Crippen molar-refractivity contribution < 1.29 is 4.79 Å². The van der Waals surface area contributed by atoms with Gasteiger partial charge in [-0.15, -0.1) is 0 Å². The SMILES string of the molecule is Cc1ccc2[nH]c(C)c(CC(=O)NC(C)c3ccccc3Cl)c2c1. The maximum Gasteiger partial charge on any atom is 0.224 e. The molecule has 0 aliphatic carbocycles.